The summed E-state index contributed by atoms with van der Waals surface area (Å²) >= 11 is 0. The standard InChI is InChI=1S/C41H60O11S/c1-23-7-13-32-25(3)34(45-36-40(32)30(23)15-17-38(5,47-36)49-51-40)19-28(22-53(43,44)29-11-9-27(21-42)10-12-29)20-35-26(4)33-14-8-24(2)31-16-18-39(6)48-37(46-35)41(31,33)52-50-39/h9-12,23-26,28,30-37,42H,7-8,13-22H2,1-6H3/t23-,24-,25-,26-,28?,30+,31+,32+,33+,34-,35-,36-,37-,38?,39?,40-,41-/m1/s1. The van der Waals surface area contributed by atoms with Gasteiger partial charge in [0.15, 0.2) is 33.6 Å². The van der Waals surface area contributed by atoms with Crippen LogP contribution in [0.4, 0.5) is 0 Å². The molecule has 16 atom stereocenters. The maximum Gasteiger partial charge on any atom is 0.201 e. The van der Waals surface area contributed by atoms with E-state index in [0.717, 1.165) is 51.4 Å². The van der Waals surface area contributed by atoms with Crippen molar-refractivity contribution in [2.45, 2.75) is 165 Å². The highest BCUT2D eigenvalue weighted by molar-refractivity contribution is 7.91. The highest BCUT2D eigenvalue weighted by Crippen LogP contribution is 2.63. The minimum atomic E-state index is -3.71. The quantitative estimate of drug-likeness (QED) is 0.280. The van der Waals surface area contributed by atoms with E-state index < -0.39 is 45.2 Å². The first-order valence-electron chi connectivity index (χ1n) is 20.5. The third-order valence-electron chi connectivity index (χ3n) is 15.6. The topological polar surface area (TPSA) is 128 Å². The molecule has 0 aromatic heterocycles. The molecule has 53 heavy (non-hydrogen) atoms. The molecule has 11 nitrogen and oxygen atoms in total. The SMILES string of the molecule is C[C@H]1[C@@H](CC(C[C@H]2O[C@@H]3OC4(C)CC[C@H]5[C@H](C)CC[C@@H]([C@H]2C)[C@@]35OO4)CS(=O)(=O)c2ccc(CO)cc2)O[C@@H]2OC3(C)CC[C@H]4[C@H](C)CC[C@@H]1[C@@]24OO3. The van der Waals surface area contributed by atoms with Crippen LogP contribution in [0.15, 0.2) is 29.2 Å². The first-order valence-corrected chi connectivity index (χ1v) is 22.2. The van der Waals surface area contributed by atoms with Crippen molar-refractivity contribution in [2.24, 2.45) is 53.3 Å². The van der Waals surface area contributed by atoms with Crippen LogP contribution in [0.1, 0.15) is 111 Å². The molecule has 0 amide bonds. The zero-order valence-electron chi connectivity index (χ0n) is 32.2. The second kappa shape index (κ2) is 13.2. The number of hydrogen-bond donors (Lipinski definition) is 1. The molecular formula is C41H60O11S. The maximum absolute atomic E-state index is 14.3. The normalized spacial score (nSPS) is 50.8. The lowest BCUT2D eigenvalue weighted by atomic mass is 9.56. The second-order valence-electron chi connectivity index (χ2n) is 18.8. The highest BCUT2D eigenvalue weighted by Gasteiger charge is 2.71. The summed E-state index contributed by atoms with van der Waals surface area (Å²) in [5.41, 5.74) is -0.692. The Labute approximate surface area is 314 Å². The number of ether oxygens (including phenoxy) is 4. The van der Waals surface area contributed by atoms with Crippen LogP contribution < -0.4 is 0 Å². The number of rotatable bonds is 8. The molecule has 1 aromatic rings. The van der Waals surface area contributed by atoms with Gasteiger partial charge in [-0.3, -0.25) is 0 Å². The van der Waals surface area contributed by atoms with Gasteiger partial charge in [0, 0.05) is 24.7 Å². The van der Waals surface area contributed by atoms with Crippen LogP contribution >= 0.6 is 0 Å². The van der Waals surface area contributed by atoms with E-state index in [1.807, 2.05) is 13.8 Å². The number of benzene rings is 1. The first kappa shape index (κ1) is 37.4. The van der Waals surface area contributed by atoms with Gasteiger partial charge in [0.1, 0.15) is 0 Å². The van der Waals surface area contributed by atoms with Crippen molar-refractivity contribution >= 4 is 9.84 Å². The lowest BCUT2D eigenvalue weighted by Crippen LogP contribution is -2.70. The smallest absolute Gasteiger partial charge is 0.201 e. The lowest BCUT2D eigenvalue weighted by Gasteiger charge is -2.61. The molecule has 1 N–H and O–H groups in total. The van der Waals surface area contributed by atoms with Crippen LogP contribution in [0.25, 0.3) is 0 Å². The summed E-state index contributed by atoms with van der Waals surface area (Å²) in [6.45, 7) is 12.8. The van der Waals surface area contributed by atoms with Crippen molar-refractivity contribution < 1.29 is 52.0 Å². The van der Waals surface area contributed by atoms with Crippen LogP contribution in [0.5, 0.6) is 0 Å². The van der Waals surface area contributed by atoms with E-state index >= 15 is 0 Å². The highest BCUT2D eigenvalue weighted by atomic mass is 32.2. The van der Waals surface area contributed by atoms with Gasteiger partial charge in [-0.25, -0.2) is 28.0 Å². The molecule has 2 spiro atoms. The molecule has 2 saturated carbocycles. The molecule has 4 bridgehead atoms. The molecule has 8 aliphatic heterocycles. The van der Waals surface area contributed by atoms with Gasteiger partial charge in [0.25, 0.3) is 0 Å². The van der Waals surface area contributed by atoms with E-state index in [2.05, 4.69) is 27.7 Å². The fourth-order valence-corrected chi connectivity index (χ4v) is 14.2. The summed E-state index contributed by atoms with van der Waals surface area (Å²) in [6.07, 6.45) is 6.92. The number of hydrogen-bond acceptors (Lipinski definition) is 11. The Bertz CT molecular complexity index is 1560. The van der Waals surface area contributed by atoms with Gasteiger partial charge in [0.2, 0.25) is 11.6 Å². The first-order chi connectivity index (χ1) is 25.2. The molecule has 2 unspecified atom stereocenters. The molecular weight excluding hydrogens is 701 g/mol. The Morgan fingerprint density at radius 3 is 1.60 bits per heavy atom. The summed E-state index contributed by atoms with van der Waals surface area (Å²) in [5, 5.41) is 9.62. The number of sulfone groups is 1. The molecule has 11 rings (SSSR count). The van der Waals surface area contributed by atoms with Crippen LogP contribution in [-0.4, -0.2) is 66.8 Å². The average molecular weight is 761 g/mol. The van der Waals surface area contributed by atoms with Crippen LogP contribution in [0.2, 0.25) is 0 Å². The van der Waals surface area contributed by atoms with E-state index in [1.165, 1.54) is 0 Å². The monoisotopic (exact) mass is 760 g/mol. The van der Waals surface area contributed by atoms with E-state index in [-0.39, 0.29) is 70.9 Å². The maximum atomic E-state index is 14.3. The third-order valence-corrected chi connectivity index (χ3v) is 17.5. The molecule has 10 fully saturated rings. The average Bonchev–Trinajstić information content (AvgIpc) is 3.50. The minimum Gasteiger partial charge on any atom is -0.392 e. The number of fused-ring (bicyclic) bond motifs is 4. The molecule has 8 heterocycles. The Morgan fingerprint density at radius 2 is 1.15 bits per heavy atom. The summed E-state index contributed by atoms with van der Waals surface area (Å²) in [4.78, 5) is 25.2. The van der Waals surface area contributed by atoms with Crippen molar-refractivity contribution in [2.75, 3.05) is 5.75 Å². The molecule has 0 radical (unpaired) electrons. The van der Waals surface area contributed by atoms with Gasteiger partial charge in [-0.1, -0.05) is 39.8 Å². The van der Waals surface area contributed by atoms with Crippen molar-refractivity contribution in [1.29, 1.82) is 0 Å². The predicted molar refractivity (Wildman–Crippen MR) is 191 cm³/mol. The van der Waals surface area contributed by atoms with E-state index in [4.69, 9.17) is 38.5 Å². The predicted octanol–water partition coefficient (Wildman–Crippen LogP) is 6.85. The summed E-state index contributed by atoms with van der Waals surface area (Å²) in [7, 11) is -3.71. The Balaban J connectivity index is 1.03. The van der Waals surface area contributed by atoms with Crippen LogP contribution in [0.3, 0.4) is 0 Å². The van der Waals surface area contributed by atoms with E-state index in [0.29, 0.717) is 30.2 Å². The molecule has 296 valence electrons. The van der Waals surface area contributed by atoms with Gasteiger partial charge in [-0.2, -0.15) is 0 Å². The molecule has 2 aliphatic carbocycles. The van der Waals surface area contributed by atoms with Crippen molar-refractivity contribution in [3.8, 4) is 0 Å². The second-order valence-corrected chi connectivity index (χ2v) is 20.8. The summed E-state index contributed by atoms with van der Waals surface area (Å²) in [6, 6.07) is 6.59. The largest absolute Gasteiger partial charge is 0.392 e. The van der Waals surface area contributed by atoms with Crippen molar-refractivity contribution in [3.05, 3.63) is 29.8 Å². The van der Waals surface area contributed by atoms with Gasteiger partial charge < -0.3 is 24.1 Å². The van der Waals surface area contributed by atoms with E-state index in [9.17, 15) is 13.5 Å². The number of aliphatic hydroxyl groups excluding tert-OH is 1. The van der Waals surface area contributed by atoms with Crippen molar-refractivity contribution in [3.63, 3.8) is 0 Å². The Hall–Kier alpha value is -1.19. The lowest BCUT2D eigenvalue weighted by molar-refractivity contribution is -0.571. The molecule has 8 saturated heterocycles. The van der Waals surface area contributed by atoms with Crippen molar-refractivity contribution in [1.82, 2.24) is 0 Å². The Morgan fingerprint density at radius 1 is 0.679 bits per heavy atom. The molecule has 10 aliphatic rings. The fraction of sp³-hybridized carbons (Fsp3) is 0.854. The van der Waals surface area contributed by atoms with Crippen LogP contribution in [0, 0.1) is 53.3 Å². The Kier molecular flexibility index (Phi) is 9.30. The zero-order valence-corrected chi connectivity index (χ0v) is 33.1. The minimum absolute atomic E-state index is 0.0543. The summed E-state index contributed by atoms with van der Waals surface area (Å²) in [5.74, 6) is -0.215. The number of aliphatic hydroxyl groups is 1. The molecule has 12 heteroatoms. The zero-order chi connectivity index (χ0) is 37.1. The van der Waals surface area contributed by atoms with Gasteiger partial charge in [-0.05, 0) is 124 Å². The molecule has 1 aromatic carbocycles. The van der Waals surface area contributed by atoms with E-state index in [1.54, 1.807) is 24.3 Å². The van der Waals surface area contributed by atoms with Crippen LogP contribution in [-0.2, 0) is 54.9 Å². The van der Waals surface area contributed by atoms with Gasteiger partial charge in [0.05, 0.1) is 29.5 Å². The third kappa shape index (κ3) is 5.85. The van der Waals surface area contributed by atoms with Gasteiger partial charge >= 0.3 is 0 Å². The summed E-state index contributed by atoms with van der Waals surface area (Å²) < 4.78 is 56.0. The fourth-order valence-electron chi connectivity index (χ4n) is 12.6. The van der Waals surface area contributed by atoms with Gasteiger partial charge in [-0.15, -0.1) is 0 Å².